The predicted molar refractivity (Wildman–Crippen MR) is 142 cm³/mol. The van der Waals surface area contributed by atoms with Gasteiger partial charge in [0.15, 0.2) is 9.84 Å². The molecular formula is C24H24ClN3O3S3. The lowest BCUT2D eigenvalue weighted by atomic mass is 10.0. The lowest BCUT2D eigenvalue weighted by Crippen LogP contribution is -2.29. The Morgan fingerprint density at radius 1 is 1.15 bits per heavy atom. The molecule has 0 saturated heterocycles. The summed E-state index contributed by atoms with van der Waals surface area (Å²) in [6.07, 6.45) is 2.05. The number of likely N-dealkylation sites (N-methyl/N-ethyl adjacent to an activating group) is 1. The molecule has 178 valence electrons. The summed E-state index contributed by atoms with van der Waals surface area (Å²) in [5, 5.41) is 4.74. The summed E-state index contributed by atoms with van der Waals surface area (Å²) in [6.45, 7) is 4.97. The minimum atomic E-state index is -3.40. The van der Waals surface area contributed by atoms with Crippen molar-refractivity contribution in [2.45, 2.75) is 24.8 Å². The van der Waals surface area contributed by atoms with E-state index in [0.717, 1.165) is 58.1 Å². The van der Waals surface area contributed by atoms with E-state index in [1.807, 2.05) is 18.2 Å². The Kier molecular flexibility index (Phi) is 7.12. The Morgan fingerprint density at radius 3 is 2.68 bits per heavy atom. The van der Waals surface area contributed by atoms with E-state index in [1.165, 1.54) is 22.6 Å². The summed E-state index contributed by atoms with van der Waals surface area (Å²) in [5.41, 5.74) is 3.51. The SMILES string of the molecule is CCN1CCc2c(sc(NC(=O)c3cccc(S(C)(=O)=O)c3)c2-c2nc3ccccc3s2)C1.Cl. The molecule has 1 amide bonds. The largest absolute Gasteiger partial charge is 0.313 e. The van der Waals surface area contributed by atoms with Crippen molar-refractivity contribution in [1.29, 1.82) is 0 Å². The molecule has 0 atom stereocenters. The van der Waals surface area contributed by atoms with Gasteiger partial charge in [0.2, 0.25) is 0 Å². The van der Waals surface area contributed by atoms with Crippen molar-refractivity contribution >= 4 is 66.0 Å². The molecule has 1 aliphatic heterocycles. The number of anilines is 1. The van der Waals surface area contributed by atoms with Gasteiger partial charge in [-0.15, -0.1) is 35.1 Å². The first kappa shape index (κ1) is 24.8. The fourth-order valence-corrected chi connectivity index (χ4v) is 7.13. The summed E-state index contributed by atoms with van der Waals surface area (Å²) in [4.78, 5) is 21.8. The number of thiophene rings is 1. The smallest absolute Gasteiger partial charge is 0.256 e. The van der Waals surface area contributed by atoms with Gasteiger partial charge in [0.05, 0.1) is 15.1 Å². The number of amides is 1. The lowest BCUT2D eigenvalue weighted by Gasteiger charge is -2.25. The van der Waals surface area contributed by atoms with E-state index in [1.54, 1.807) is 34.8 Å². The molecule has 6 nitrogen and oxygen atoms in total. The Hall–Kier alpha value is -2.30. The molecule has 0 bridgehead atoms. The molecule has 0 saturated carbocycles. The first-order chi connectivity index (χ1) is 15.8. The molecular weight excluding hydrogens is 510 g/mol. The van der Waals surface area contributed by atoms with Gasteiger partial charge >= 0.3 is 0 Å². The zero-order valence-corrected chi connectivity index (χ0v) is 22.0. The van der Waals surface area contributed by atoms with Crippen LogP contribution in [0.3, 0.4) is 0 Å². The van der Waals surface area contributed by atoms with Crippen molar-refractivity contribution in [1.82, 2.24) is 9.88 Å². The number of nitrogens with one attached hydrogen (secondary N) is 1. The van der Waals surface area contributed by atoms with Crippen LogP contribution in [-0.4, -0.2) is 43.6 Å². The van der Waals surface area contributed by atoms with Crippen molar-refractivity contribution in [3.63, 3.8) is 0 Å². The standard InChI is InChI=1S/C24H23N3O3S3.ClH/c1-3-27-12-11-17-20(14-27)32-24(21(17)23-25-18-9-4-5-10-19(18)31-23)26-22(28)15-7-6-8-16(13-15)33(2,29)30;/h4-10,13H,3,11-12,14H2,1-2H3,(H,26,28);1H. The molecule has 0 unspecified atom stereocenters. The van der Waals surface area contributed by atoms with Gasteiger partial charge in [-0.05, 0) is 48.9 Å². The van der Waals surface area contributed by atoms with E-state index < -0.39 is 9.84 Å². The van der Waals surface area contributed by atoms with Crippen LogP contribution in [0, 0.1) is 0 Å². The Bertz CT molecular complexity index is 1440. The number of halogens is 1. The fraction of sp³-hybridized carbons (Fsp3) is 0.250. The van der Waals surface area contributed by atoms with Crippen LogP contribution < -0.4 is 5.32 Å². The van der Waals surface area contributed by atoms with Crippen LogP contribution in [0.1, 0.15) is 27.7 Å². The second kappa shape index (κ2) is 9.75. The van der Waals surface area contributed by atoms with Crippen molar-refractivity contribution in [3.05, 3.63) is 64.5 Å². The van der Waals surface area contributed by atoms with E-state index in [4.69, 9.17) is 4.98 Å². The number of carbonyl (C=O) groups excluding carboxylic acids is 1. The number of rotatable bonds is 5. The van der Waals surface area contributed by atoms with Crippen LogP contribution in [-0.2, 0) is 22.8 Å². The van der Waals surface area contributed by atoms with E-state index in [-0.39, 0.29) is 23.2 Å². The number of sulfone groups is 1. The van der Waals surface area contributed by atoms with Crippen LogP contribution >= 0.6 is 35.1 Å². The zero-order valence-electron chi connectivity index (χ0n) is 18.7. The molecule has 2 aromatic carbocycles. The first-order valence-electron chi connectivity index (χ1n) is 10.7. The van der Waals surface area contributed by atoms with Gasteiger partial charge in [-0.25, -0.2) is 13.4 Å². The average molecular weight is 534 g/mol. The highest BCUT2D eigenvalue weighted by atomic mass is 35.5. The van der Waals surface area contributed by atoms with Gasteiger partial charge in [0, 0.05) is 35.3 Å². The monoisotopic (exact) mass is 533 g/mol. The molecule has 5 rings (SSSR count). The zero-order chi connectivity index (χ0) is 23.2. The minimum absolute atomic E-state index is 0. The van der Waals surface area contributed by atoms with Crippen LogP contribution in [0.25, 0.3) is 20.8 Å². The van der Waals surface area contributed by atoms with Crippen LogP contribution in [0.5, 0.6) is 0 Å². The average Bonchev–Trinajstić information content (AvgIpc) is 3.38. The van der Waals surface area contributed by atoms with Crippen molar-refractivity contribution < 1.29 is 13.2 Å². The Morgan fingerprint density at radius 2 is 1.94 bits per heavy atom. The van der Waals surface area contributed by atoms with Gasteiger partial charge in [0.25, 0.3) is 5.91 Å². The third kappa shape index (κ3) is 4.76. The number of hydrogen-bond donors (Lipinski definition) is 1. The summed E-state index contributed by atoms with van der Waals surface area (Å²) >= 11 is 3.22. The summed E-state index contributed by atoms with van der Waals surface area (Å²) < 4.78 is 25.0. The van der Waals surface area contributed by atoms with E-state index in [2.05, 4.69) is 23.2 Å². The van der Waals surface area contributed by atoms with Crippen molar-refractivity contribution in [3.8, 4) is 10.6 Å². The molecule has 34 heavy (non-hydrogen) atoms. The summed E-state index contributed by atoms with van der Waals surface area (Å²) in [6, 6.07) is 14.2. The number of benzene rings is 2. The van der Waals surface area contributed by atoms with Gasteiger partial charge in [-0.3, -0.25) is 9.69 Å². The highest BCUT2D eigenvalue weighted by Crippen LogP contribution is 2.45. The quantitative estimate of drug-likeness (QED) is 0.367. The normalized spacial score (nSPS) is 13.9. The molecule has 0 aliphatic carbocycles. The molecule has 4 aromatic rings. The number of carbonyl (C=O) groups is 1. The number of aromatic nitrogens is 1. The Balaban J connectivity index is 0.00000274. The second-order valence-corrected chi connectivity index (χ2v) is 12.2. The number of thiazole rings is 1. The summed E-state index contributed by atoms with van der Waals surface area (Å²) in [5.74, 6) is -0.325. The molecule has 10 heteroatoms. The van der Waals surface area contributed by atoms with Crippen molar-refractivity contribution in [2.24, 2.45) is 0 Å². The van der Waals surface area contributed by atoms with Gasteiger partial charge in [0.1, 0.15) is 10.0 Å². The highest BCUT2D eigenvalue weighted by Gasteiger charge is 2.27. The molecule has 2 aromatic heterocycles. The predicted octanol–water partition coefficient (Wildman–Crippen LogP) is 5.48. The molecule has 0 radical (unpaired) electrons. The van der Waals surface area contributed by atoms with Crippen LogP contribution in [0.2, 0.25) is 0 Å². The first-order valence-corrected chi connectivity index (χ1v) is 14.2. The van der Waals surface area contributed by atoms with E-state index in [9.17, 15) is 13.2 Å². The number of para-hydroxylation sites is 1. The molecule has 1 N–H and O–H groups in total. The molecule has 0 spiro atoms. The van der Waals surface area contributed by atoms with Crippen LogP contribution in [0.4, 0.5) is 5.00 Å². The highest BCUT2D eigenvalue weighted by molar-refractivity contribution is 7.90. The van der Waals surface area contributed by atoms with Crippen molar-refractivity contribution in [2.75, 3.05) is 24.7 Å². The molecule has 1 aliphatic rings. The number of fused-ring (bicyclic) bond motifs is 2. The minimum Gasteiger partial charge on any atom is -0.313 e. The lowest BCUT2D eigenvalue weighted by molar-refractivity contribution is 0.102. The third-order valence-electron chi connectivity index (χ3n) is 5.84. The van der Waals surface area contributed by atoms with E-state index >= 15 is 0 Å². The topological polar surface area (TPSA) is 79.4 Å². The number of nitrogens with zero attached hydrogens (tertiary/aromatic N) is 2. The maximum atomic E-state index is 13.2. The molecule has 3 heterocycles. The second-order valence-electron chi connectivity index (χ2n) is 8.07. The maximum Gasteiger partial charge on any atom is 0.256 e. The van der Waals surface area contributed by atoms with Gasteiger partial charge in [-0.2, -0.15) is 0 Å². The van der Waals surface area contributed by atoms with Gasteiger partial charge in [-0.1, -0.05) is 25.1 Å². The maximum absolute atomic E-state index is 13.2. The molecule has 0 fully saturated rings. The van der Waals surface area contributed by atoms with Crippen LogP contribution in [0.15, 0.2) is 53.4 Å². The third-order valence-corrected chi connectivity index (χ3v) is 9.14. The fourth-order valence-electron chi connectivity index (χ4n) is 4.06. The number of hydrogen-bond acceptors (Lipinski definition) is 7. The van der Waals surface area contributed by atoms with Gasteiger partial charge < -0.3 is 5.32 Å². The summed E-state index contributed by atoms with van der Waals surface area (Å²) in [7, 11) is -3.40. The van der Waals surface area contributed by atoms with E-state index in [0.29, 0.717) is 5.56 Å². The Labute approximate surface area is 213 Å².